The summed E-state index contributed by atoms with van der Waals surface area (Å²) in [6.45, 7) is 16.0. The normalized spacial score (nSPS) is 11.5. The van der Waals surface area contributed by atoms with Crippen molar-refractivity contribution in [2.75, 3.05) is 39.3 Å². The van der Waals surface area contributed by atoms with Gasteiger partial charge in [0.05, 0.1) is 0 Å². The van der Waals surface area contributed by atoms with Gasteiger partial charge in [-0.15, -0.1) is 0 Å². The molecule has 0 atom stereocenters. The Kier molecular flexibility index (Phi) is 10.3. The van der Waals surface area contributed by atoms with Crippen LogP contribution >= 0.6 is 0 Å². The minimum Gasteiger partial charge on any atom is -0.304 e. The molecule has 154 valence electrons. The van der Waals surface area contributed by atoms with E-state index in [0.717, 1.165) is 26.2 Å². The van der Waals surface area contributed by atoms with E-state index < -0.39 is 0 Å². The highest BCUT2D eigenvalue weighted by atomic mass is 15.1. The van der Waals surface area contributed by atoms with E-state index in [2.05, 4.69) is 86.0 Å². The SMILES string of the molecule is CCN(CC)CCCc1ccc(-c2ccc(CCCN(CC)CC)cc2)cc1. The van der Waals surface area contributed by atoms with Gasteiger partial charge in [-0.3, -0.25) is 0 Å². The molecule has 2 heteroatoms. The first-order chi connectivity index (χ1) is 13.7. The highest BCUT2D eigenvalue weighted by Crippen LogP contribution is 2.21. The van der Waals surface area contributed by atoms with Crippen molar-refractivity contribution in [1.29, 1.82) is 0 Å². The molecule has 0 aromatic heterocycles. The van der Waals surface area contributed by atoms with Gasteiger partial charge in [-0.2, -0.15) is 0 Å². The van der Waals surface area contributed by atoms with Crippen LogP contribution in [0.25, 0.3) is 11.1 Å². The average molecular weight is 381 g/mol. The molecule has 28 heavy (non-hydrogen) atoms. The molecule has 2 rings (SSSR count). The summed E-state index contributed by atoms with van der Waals surface area (Å²) in [5, 5.41) is 0. The lowest BCUT2D eigenvalue weighted by Crippen LogP contribution is -2.24. The van der Waals surface area contributed by atoms with Crippen molar-refractivity contribution < 1.29 is 0 Å². The fourth-order valence-corrected chi connectivity index (χ4v) is 3.82. The van der Waals surface area contributed by atoms with Crippen molar-refractivity contribution in [2.45, 2.75) is 53.4 Å². The number of hydrogen-bond donors (Lipinski definition) is 0. The lowest BCUT2D eigenvalue weighted by molar-refractivity contribution is 0.300. The van der Waals surface area contributed by atoms with Gasteiger partial charge in [0.1, 0.15) is 0 Å². The zero-order valence-electron chi connectivity index (χ0n) is 18.6. The van der Waals surface area contributed by atoms with Crippen LogP contribution in [0.2, 0.25) is 0 Å². The van der Waals surface area contributed by atoms with Crippen LogP contribution in [-0.4, -0.2) is 49.1 Å². The van der Waals surface area contributed by atoms with Gasteiger partial charge in [0.25, 0.3) is 0 Å². The molecule has 0 bridgehead atoms. The van der Waals surface area contributed by atoms with Crippen molar-refractivity contribution in [2.24, 2.45) is 0 Å². The van der Waals surface area contributed by atoms with Crippen LogP contribution in [0, 0.1) is 0 Å². The maximum Gasteiger partial charge on any atom is -0.00158 e. The lowest BCUT2D eigenvalue weighted by Gasteiger charge is -2.17. The molecule has 0 aliphatic heterocycles. The number of benzene rings is 2. The average Bonchev–Trinajstić information content (AvgIpc) is 2.75. The van der Waals surface area contributed by atoms with E-state index in [0.29, 0.717) is 0 Å². The minimum atomic E-state index is 1.15. The summed E-state index contributed by atoms with van der Waals surface area (Å²) in [6.07, 6.45) is 4.82. The number of nitrogens with zero attached hydrogens (tertiary/aromatic N) is 2. The van der Waals surface area contributed by atoms with Crippen LogP contribution in [0.1, 0.15) is 51.7 Å². The van der Waals surface area contributed by atoms with Gasteiger partial charge in [-0.05, 0) is 87.2 Å². The van der Waals surface area contributed by atoms with Crippen LogP contribution in [0.15, 0.2) is 48.5 Å². The van der Waals surface area contributed by atoms with Crippen LogP contribution < -0.4 is 0 Å². The molecular weight excluding hydrogens is 340 g/mol. The van der Waals surface area contributed by atoms with Gasteiger partial charge in [-0.25, -0.2) is 0 Å². The Labute approximate surface area is 173 Å². The zero-order valence-corrected chi connectivity index (χ0v) is 18.6. The molecule has 0 aliphatic rings. The quantitative estimate of drug-likeness (QED) is 0.427. The Bertz CT molecular complexity index is 578. The Balaban J connectivity index is 1.83. The Morgan fingerprint density at radius 3 is 1.11 bits per heavy atom. The predicted octanol–water partition coefficient (Wildman–Crippen LogP) is 5.90. The number of hydrogen-bond acceptors (Lipinski definition) is 2. The monoisotopic (exact) mass is 380 g/mol. The number of rotatable bonds is 13. The maximum absolute atomic E-state index is 2.50. The largest absolute Gasteiger partial charge is 0.304 e. The minimum absolute atomic E-state index is 1.15. The second kappa shape index (κ2) is 12.7. The second-order valence-electron chi connectivity index (χ2n) is 7.65. The summed E-state index contributed by atoms with van der Waals surface area (Å²) in [5.74, 6) is 0. The van der Waals surface area contributed by atoms with Gasteiger partial charge in [0.2, 0.25) is 0 Å². The van der Waals surface area contributed by atoms with Crippen LogP contribution in [0.5, 0.6) is 0 Å². The molecular formula is C26H40N2. The van der Waals surface area contributed by atoms with E-state index in [1.807, 2.05) is 0 Å². The first-order valence-corrected chi connectivity index (χ1v) is 11.3. The fraction of sp³-hybridized carbons (Fsp3) is 0.538. The predicted molar refractivity (Wildman–Crippen MR) is 124 cm³/mol. The number of aryl methyl sites for hydroxylation is 2. The van der Waals surface area contributed by atoms with E-state index in [1.54, 1.807) is 0 Å². The molecule has 0 saturated carbocycles. The maximum atomic E-state index is 2.50. The van der Waals surface area contributed by atoms with Gasteiger partial charge in [-0.1, -0.05) is 76.2 Å². The summed E-state index contributed by atoms with van der Waals surface area (Å²) in [5.41, 5.74) is 5.54. The molecule has 2 nitrogen and oxygen atoms in total. The molecule has 0 unspecified atom stereocenters. The summed E-state index contributed by atoms with van der Waals surface area (Å²) >= 11 is 0. The summed E-state index contributed by atoms with van der Waals surface area (Å²) in [4.78, 5) is 5.00. The van der Waals surface area contributed by atoms with Gasteiger partial charge in [0, 0.05) is 0 Å². The molecule has 0 spiro atoms. The Hall–Kier alpha value is -1.64. The summed E-state index contributed by atoms with van der Waals surface area (Å²) < 4.78 is 0. The molecule has 0 fully saturated rings. The standard InChI is InChI=1S/C26H40N2/c1-5-27(6-2)21-9-11-23-13-17-25(18-14-23)26-19-15-24(16-20-26)12-10-22-28(7-3)8-4/h13-20H,5-12,21-22H2,1-4H3. The molecule has 0 aliphatic carbocycles. The highest BCUT2D eigenvalue weighted by molar-refractivity contribution is 5.63. The first-order valence-electron chi connectivity index (χ1n) is 11.3. The van der Waals surface area contributed by atoms with E-state index in [4.69, 9.17) is 0 Å². The molecule has 2 aromatic carbocycles. The molecule has 0 radical (unpaired) electrons. The van der Waals surface area contributed by atoms with Crippen LogP contribution in [-0.2, 0) is 12.8 Å². The zero-order chi connectivity index (χ0) is 20.2. The molecule has 0 heterocycles. The van der Waals surface area contributed by atoms with E-state index in [-0.39, 0.29) is 0 Å². The topological polar surface area (TPSA) is 6.48 Å². The van der Waals surface area contributed by atoms with Crippen molar-refractivity contribution in [3.63, 3.8) is 0 Å². The third kappa shape index (κ3) is 7.41. The van der Waals surface area contributed by atoms with Crippen LogP contribution in [0.4, 0.5) is 0 Å². The Morgan fingerprint density at radius 1 is 0.500 bits per heavy atom. The third-order valence-electron chi connectivity index (χ3n) is 5.91. The van der Waals surface area contributed by atoms with Gasteiger partial charge >= 0.3 is 0 Å². The van der Waals surface area contributed by atoms with Gasteiger partial charge < -0.3 is 9.80 Å². The molecule has 0 N–H and O–H groups in total. The third-order valence-corrected chi connectivity index (χ3v) is 5.91. The van der Waals surface area contributed by atoms with E-state index in [1.165, 1.54) is 61.0 Å². The second-order valence-corrected chi connectivity index (χ2v) is 7.65. The van der Waals surface area contributed by atoms with Gasteiger partial charge in [0.15, 0.2) is 0 Å². The molecule has 0 amide bonds. The van der Waals surface area contributed by atoms with Crippen molar-refractivity contribution in [3.05, 3.63) is 59.7 Å². The van der Waals surface area contributed by atoms with Crippen molar-refractivity contribution in [3.8, 4) is 11.1 Å². The van der Waals surface area contributed by atoms with Crippen LogP contribution in [0.3, 0.4) is 0 Å². The summed E-state index contributed by atoms with van der Waals surface area (Å²) in [7, 11) is 0. The van der Waals surface area contributed by atoms with E-state index in [9.17, 15) is 0 Å². The first kappa shape index (κ1) is 22.6. The van der Waals surface area contributed by atoms with Crippen molar-refractivity contribution >= 4 is 0 Å². The highest BCUT2D eigenvalue weighted by Gasteiger charge is 2.03. The van der Waals surface area contributed by atoms with E-state index >= 15 is 0 Å². The molecule has 2 aromatic rings. The summed E-state index contributed by atoms with van der Waals surface area (Å²) in [6, 6.07) is 18.3. The molecule has 0 saturated heterocycles. The smallest absolute Gasteiger partial charge is 0.00158 e. The fourth-order valence-electron chi connectivity index (χ4n) is 3.82. The van der Waals surface area contributed by atoms with Crippen molar-refractivity contribution in [1.82, 2.24) is 9.80 Å². The Morgan fingerprint density at radius 2 is 0.821 bits per heavy atom. The lowest BCUT2D eigenvalue weighted by atomic mass is 10.00.